The van der Waals surface area contributed by atoms with E-state index < -0.39 is 0 Å². The molecular formula is C13H18ClN5. The largest absolute Gasteiger partial charge is 0.353 e. The quantitative estimate of drug-likeness (QED) is 0.806. The molecule has 3 heterocycles. The van der Waals surface area contributed by atoms with Crippen LogP contribution < -0.4 is 4.90 Å². The number of alkyl halides is 1. The van der Waals surface area contributed by atoms with Crippen molar-refractivity contribution in [3.05, 3.63) is 12.5 Å². The molecule has 0 saturated carbocycles. The highest BCUT2D eigenvalue weighted by Gasteiger charge is 2.27. The summed E-state index contributed by atoms with van der Waals surface area (Å²) < 4.78 is 1.80. The van der Waals surface area contributed by atoms with Crippen LogP contribution >= 0.6 is 11.6 Å². The summed E-state index contributed by atoms with van der Waals surface area (Å²) in [5.41, 5.74) is 0.896. The van der Waals surface area contributed by atoms with Crippen LogP contribution in [-0.4, -0.2) is 38.2 Å². The summed E-state index contributed by atoms with van der Waals surface area (Å²) in [6.45, 7) is 1.06. The first-order valence-corrected chi connectivity index (χ1v) is 7.30. The molecule has 0 N–H and O–H groups in total. The second kappa shape index (κ2) is 5.33. The number of rotatable bonds is 4. The Kier molecular flexibility index (Phi) is 3.55. The van der Waals surface area contributed by atoms with E-state index in [4.69, 9.17) is 11.6 Å². The van der Waals surface area contributed by atoms with Gasteiger partial charge in [0.15, 0.2) is 5.65 Å². The third kappa shape index (κ3) is 2.27. The summed E-state index contributed by atoms with van der Waals surface area (Å²) in [5, 5.41) is 5.33. The zero-order valence-electron chi connectivity index (χ0n) is 11.1. The fraction of sp³-hybridized carbons (Fsp3) is 0.615. The van der Waals surface area contributed by atoms with Gasteiger partial charge in [-0.05, 0) is 25.7 Å². The van der Waals surface area contributed by atoms with E-state index in [0.717, 1.165) is 42.1 Å². The number of fused-ring (bicyclic) bond motifs is 1. The predicted molar refractivity (Wildman–Crippen MR) is 76.6 cm³/mol. The van der Waals surface area contributed by atoms with Crippen LogP contribution in [0.2, 0.25) is 0 Å². The minimum atomic E-state index is 0.553. The summed E-state index contributed by atoms with van der Waals surface area (Å²) in [5.74, 6) is 1.76. The van der Waals surface area contributed by atoms with Crippen LogP contribution in [0.25, 0.3) is 11.0 Å². The molecule has 1 atom stereocenters. The number of anilines is 1. The number of aromatic nitrogens is 4. The monoisotopic (exact) mass is 279 g/mol. The number of aryl methyl sites for hydroxylation is 1. The van der Waals surface area contributed by atoms with Crippen molar-refractivity contribution >= 4 is 28.5 Å². The van der Waals surface area contributed by atoms with Gasteiger partial charge in [-0.1, -0.05) is 0 Å². The van der Waals surface area contributed by atoms with Crippen molar-refractivity contribution in [2.75, 3.05) is 17.3 Å². The molecule has 1 unspecified atom stereocenters. The first-order valence-electron chi connectivity index (χ1n) is 6.76. The first kappa shape index (κ1) is 12.7. The molecule has 1 aliphatic heterocycles. The Hall–Kier alpha value is -1.36. The van der Waals surface area contributed by atoms with Gasteiger partial charge in [0.2, 0.25) is 0 Å². The molecule has 0 aromatic carbocycles. The molecule has 1 fully saturated rings. The Bertz CT molecular complexity index is 567. The van der Waals surface area contributed by atoms with Crippen molar-refractivity contribution in [3.8, 4) is 0 Å². The van der Waals surface area contributed by atoms with Crippen LogP contribution in [0.5, 0.6) is 0 Å². The van der Waals surface area contributed by atoms with E-state index in [-0.39, 0.29) is 0 Å². The number of halogens is 1. The minimum absolute atomic E-state index is 0.553. The number of hydrogen-bond donors (Lipinski definition) is 0. The Labute approximate surface area is 117 Å². The lowest BCUT2D eigenvalue weighted by Crippen LogP contribution is -2.30. The van der Waals surface area contributed by atoms with Crippen LogP contribution in [0.3, 0.4) is 0 Å². The molecule has 1 aliphatic rings. The van der Waals surface area contributed by atoms with E-state index in [2.05, 4.69) is 20.0 Å². The molecule has 5 nitrogen and oxygen atoms in total. The molecule has 2 aromatic heterocycles. The predicted octanol–water partition coefficient (Wildman–Crippen LogP) is 2.35. The zero-order valence-corrected chi connectivity index (χ0v) is 11.8. The van der Waals surface area contributed by atoms with Crippen molar-refractivity contribution in [2.45, 2.75) is 31.7 Å². The summed E-state index contributed by atoms with van der Waals surface area (Å²) in [6.07, 6.45) is 8.14. The van der Waals surface area contributed by atoms with Gasteiger partial charge < -0.3 is 4.90 Å². The second-order valence-electron chi connectivity index (χ2n) is 5.02. The maximum atomic E-state index is 5.81. The Morgan fingerprint density at radius 3 is 3.16 bits per heavy atom. The molecule has 1 saturated heterocycles. The van der Waals surface area contributed by atoms with Crippen LogP contribution in [0.1, 0.15) is 25.7 Å². The van der Waals surface area contributed by atoms with E-state index >= 15 is 0 Å². The SMILES string of the molecule is Cn1ncc2c(N3CCCC3CCCCl)ncnc21. The summed E-state index contributed by atoms with van der Waals surface area (Å²) in [4.78, 5) is 11.2. The molecule has 0 aliphatic carbocycles. The average Bonchev–Trinajstić information content (AvgIpc) is 3.03. The normalized spacial score (nSPS) is 19.5. The number of nitrogens with zero attached hydrogens (tertiary/aromatic N) is 5. The van der Waals surface area contributed by atoms with Crippen LogP contribution in [0.15, 0.2) is 12.5 Å². The van der Waals surface area contributed by atoms with Crippen molar-refractivity contribution < 1.29 is 0 Å². The van der Waals surface area contributed by atoms with E-state index in [0.29, 0.717) is 6.04 Å². The van der Waals surface area contributed by atoms with Crippen molar-refractivity contribution in [1.82, 2.24) is 19.7 Å². The molecule has 3 rings (SSSR count). The lowest BCUT2D eigenvalue weighted by molar-refractivity contribution is 0.599. The van der Waals surface area contributed by atoms with Gasteiger partial charge in [-0.2, -0.15) is 5.10 Å². The maximum Gasteiger partial charge on any atom is 0.163 e. The van der Waals surface area contributed by atoms with Gasteiger partial charge in [0.05, 0.1) is 11.6 Å². The summed E-state index contributed by atoms with van der Waals surface area (Å²) in [7, 11) is 1.91. The Morgan fingerprint density at radius 1 is 1.42 bits per heavy atom. The fourth-order valence-electron chi connectivity index (χ4n) is 2.91. The lowest BCUT2D eigenvalue weighted by Gasteiger charge is -2.25. The standard InChI is InChI=1S/C13H18ClN5/c1-18-12-11(8-17-18)13(16-9-15-12)19-7-3-5-10(19)4-2-6-14/h8-10H,2-7H2,1H3. The van der Waals surface area contributed by atoms with Crippen LogP contribution in [0, 0.1) is 0 Å². The summed E-state index contributed by atoms with van der Waals surface area (Å²) >= 11 is 5.81. The van der Waals surface area contributed by atoms with E-state index in [1.807, 2.05) is 13.2 Å². The van der Waals surface area contributed by atoms with Gasteiger partial charge in [-0.15, -0.1) is 11.6 Å². The molecular weight excluding hydrogens is 262 g/mol. The van der Waals surface area contributed by atoms with E-state index in [1.165, 1.54) is 12.8 Å². The second-order valence-corrected chi connectivity index (χ2v) is 5.40. The molecule has 0 amide bonds. The van der Waals surface area contributed by atoms with Gasteiger partial charge in [0, 0.05) is 25.5 Å². The summed E-state index contributed by atoms with van der Waals surface area (Å²) in [6, 6.07) is 0.553. The Balaban J connectivity index is 1.94. The van der Waals surface area contributed by atoms with E-state index in [9.17, 15) is 0 Å². The van der Waals surface area contributed by atoms with Crippen molar-refractivity contribution in [1.29, 1.82) is 0 Å². The van der Waals surface area contributed by atoms with Gasteiger partial charge >= 0.3 is 0 Å². The highest BCUT2D eigenvalue weighted by Crippen LogP contribution is 2.30. The third-order valence-corrected chi connectivity index (χ3v) is 4.10. The minimum Gasteiger partial charge on any atom is -0.353 e. The van der Waals surface area contributed by atoms with Gasteiger partial charge in [-0.25, -0.2) is 9.97 Å². The Morgan fingerprint density at radius 2 is 2.32 bits per heavy atom. The van der Waals surface area contributed by atoms with Gasteiger partial charge in [0.1, 0.15) is 12.1 Å². The molecule has 2 aromatic rings. The zero-order chi connectivity index (χ0) is 13.2. The van der Waals surface area contributed by atoms with Gasteiger partial charge in [0.25, 0.3) is 0 Å². The lowest BCUT2D eigenvalue weighted by atomic mass is 10.1. The third-order valence-electron chi connectivity index (χ3n) is 3.83. The molecule has 19 heavy (non-hydrogen) atoms. The molecule has 102 valence electrons. The van der Waals surface area contributed by atoms with E-state index in [1.54, 1.807) is 11.0 Å². The first-order chi connectivity index (χ1) is 9.31. The smallest absolute Gasteiger partial charge is 0.163 e. The maximum absolute atomic E-state index is 5.81. The molecule has 0 bridgehead atoms. The van der Waals surface area contributed by atoms with Crippen LogP contribution in [0.4, 0.5) is 5.82 Å². The molecule has 6 heteroatoms. The van der Waals surface area contributed by atoms with Crippen LogP contribution in [-0.2, 0) is 7.05 Å². The topological polar surface area (TPSA) is 46.8 Å². The molecule has 0 radical (unpaired) electrons. The van der Waals surface area contributed by atoms with Gasteiger partial charge in [-0.3, -0.25) is 4.68 Å². The molecule has 0 spiro atoms. The average molecular weight is 280 g/mol. The highest BCUT2D eigenvalue weighted by molar-refractivity contribution is 6.17. The van der Waals surface area contributed by atoms with Crippen molar-refractivity contribution in [3.63, 3.8) is 0 Å². The highest BCUT2D eigenvalue weighted by atomic mass is 35.5. The van der Waals surface area contributed by atoms with Crippen molar-refractivity contribution in [2.24, 2.45) is 7.05 Å². The fourth-order valence-corrected chi connectivity index (χ4v) is 3.06. The number of hydrogen-bond acceptors (Lipinski definition) is 4.